The van der Waals surface area contributed by atoms with E-state index in [2.05, 4.69) is 30.5 Å². The van der Waals surface area contributed by atoms with E-state index in [0.29, 0.717) is 63.5 Å². The van der Waals surface area contributed by atoms with E-state index in [9.17, 15) is 18.0 Å². The van der Waals surface area contributed by atoms with Crippen molar-refractivity contribution in [1.29, 1.82) is 0 Å². The zero-order valence-corrected chi connectivity index (χ0v) is 16.7. The number of nitrogens with one attached hydrogen (secondary N) is 2. The molecule has 1 saturated heterocycles. The van der Waals surface area contributed by atoms with Crippen molar-refractivity contribution in [2.75, 3.05) is 36.9 Å². The van der Waals surface area contributed by atoms with Crippen molar-refractivity contribution in [2.45, 2.75) is 44.3 Å². The molecule has 2 N–H and O–H groups in total. The average Bonchev–Trinajstić information content (AvgIpc) is 3.16. The van der Waals surface area contributed by atoms with E-state index in [4.69, 9.17) is 0 Å². The summed E-state index contributed by atoms with van der Waals surface area (Å²) in [6.45, 7) is 2.32. The Morgan fingerprint density at radius 2 is 2.00 bits per heavy atom. The second-order valence-corrected chi connectivity index (χ2v) is 7.61. The summed E-state index contributed by atoms with van der Waals surface area (Å²) in [4.78, 5) is 26.3. The zero-order valence-electron chi connectivity index (χ0n) is 16.7. The first-order valence-corrected chi connectivity index (χ1v) is 10.0. The minimum absolute atomic E-state index is 0.0495. The van der Waals surface area contributed by atoms with Gasteiger partial charge in [-0.1, -0.05) is 0 Å². The molecule has 0 aliphatic carbocycles. The van der Waals surface area contributed by atoms with Crippen LogP contribution in [0.25, 0.3) is 0 Å². The molecule has 11 heteroatoms. The molecule has 0 spiro atoms. The number of carbonyl (C=O) groups excluding carboxylic acids is 1. The van der Waals surface area contributed by atoms with Crippen LogP contribution in [0, 0.1) is 0 Å². The van der Waals surface area contributed by atoms with Gasteiger partial charge in [-0.05, 0) is 26.3 Å². The fraction of sp³-hybridized carbons (Fsp3) is 0.579. The highest BCUT2D eigenvalue weighted by Crippen LogP contribution is 2.35. The molecule has 2 aliphatic rings. The molecule has 30 heavy (non-hydrogen) atoms. The Kier molecular flexibility index (Phi) is 5.63. The maximum absolute atomic E-state index is 13.2. The van der Waals surface area contributed by atoms with Gasteiger partial charge in [-0.2, -0.15) is 13.2 Å². The van der Waals surface area contributed by atoms with Gasteiger partial charge in [-0.25, -0.2) is 15.0 Å². The second-order valence-electron chi connectivity index (χ2n) is 7.61. The number of alkyl halides is 3. The quantitative estimate of drug-likeness (QED) is 0.767. The number of hydrogen-bond acceptors (Lipinski definition) is 6. The van der Waals surface area contributed by atoms with Gasteiger partial charge in [0.25, 0.3) is 0 Å². The van der Waals surface area contributed by atoms with Gasteiger partial charge in [0.15, 0.2) is 5.69 Å². The van der Waals surface area contributed by atoms with Crippen molar-refractivity contribution in [1.82, 2.24) is 24.8 Å². The third kappa shape index (κ3) is 4.11. The number of carbonyl (C=O) groups is 1. The molecule has 0 unspecified atom stereocenters. The topological polar surface area (TPSA) is 88.0 Å². The minimum atomic E-state index is -4.45. The molecule has 0 radical (unpaired) electrons. The van der Waals surface area contributed by atoms with Crippen LogP contribution in [0.2, 0.25) is 0 Å². The van der Waals surface area contributed by atoms with Crippen molar-refractivity contribution >= 4 is 17.5 Å². The summed E-state index contributed by atoms with van der Waals surface area (Å²) in [7, 11) is 1.77. The number of fused-ring (bicyclic) bond motifs is 1. The van der Waals surface area contributed by atoms with Crippen LogP contribution >= 0.6 is 0 Å². The molecular weight excluding hydrogens is 399 g/mol. The van der Waals surface area contributed by atoms with Gasteiger partial charge in [0.2, 0.25) is 5.91 Å². The number of nitrogens with zero attached hydrogens (tertiary/aromatic N) is 5. The third-order valence-corrected chi connectivity index (χ3v) is 5.64. The summed E-state index contributed by atoms with van der Waals surface area (Å²) in [6.07, 6.45) is 0.435. The van der Waals surface area contributed by atoms with Gasteiger partial charge >= 0.3 is 6.18 Å². The molecule has 4 rings (SSSR count). The summed E-state index contributed by atoms with van der Waals surface area (Å²) in [5, 5.41) is 5.75. The first kappa shape index (κ1) is 20.6. The molecule has 8 nitrogen and oxygen atoms in total. The van der Waals surface area contributed by atoms with Crippen molar-refractivity contribution in [2.24, 2.45) is 0 Å². The largest absolute Gasteiger partial charge is 0.434 e. The number of piperidine rings is 1. The monoisotopic (exact) mass is 423 g/mol. The van der Waals surface area contributed by atoms with Crippen molar-refractivity contribution < 1.29 is 18.0 Å². The number of rotatable bonds is 5. The smallest absolute Gasteiger partial charge is 0.356 e. The van der Waals surface area contributed by atoms with Crippen LogP contribution in [0.1, 0.15) is 42.3 Å². The summed E-state index contributed by atoms with van der Waals surface area (Å²) >= 11 is 0. The number of halogens is 3. The molecule has 0 aromatic carbocycles. The number of hydrogen-bond donors (Lipinski definition) is 2. The van der Waals surface area contributed by atoms with Crippen LogP contribution in [0.4, 0.5) is 24.8 Å². The maximum Gasteiger partial charge on any atom is 0.434 e. The van der Waals surface area contributed by atoms with Crippen LogP contribution in [0.15, 0.2) is 12.5 Å². The van der Waals surface area contributed by atoms with Crippen LogP contribution in [0.3, 0.4) is 0 Å². The lowest BCUT2D eigenvalue weighted by atomic mass is 9.95. The van der Waals surface area contributed by atoms with E-state index < -0.39 is 11.9 Å². The van der Waals surface area contributed by atoms with E-state index in [-0.39, 0.29) is 11.8 Å². The van der Waals surface area contributed by atoms with Crippen molar-refractivity contribution in [3.63, 3.8) is 0 Å². The second kappa shape index (κ2) is 8.21. The zero-order chi connectivity index (χ0) is 21.3. The van der Waals surface area contributed by atoms with Gasteiger partial charge in [0, 0.05) is 50.3 Å². The third-order valence-electron chi connectivity index (χ3n) is 5.64. The molecule has 1 fully saturated rings. The summed E-state index contributed by atoms with van der Waals surface area (Å²) in [6, 6.07) is 0. The molecule has 162 valence electrons. The van der Waals surface area contributed by atoms with Gasteiger partial charge in [0.05, 0.1) is 0 Å². The van der Waals surface area contributed by atoms with E-state index in [1.165, 1.54) is 6.33 Å². The SMILES string of the molecule is CNCCn1cc(C(F)(F)F)nc1C1CCN(c2ncnc3c2CCC(=O)N3)CC1. The highest BCUT2D eigenvalue weighted by molar-refractivity contribution is 5.93. The Bertz CT molecular complexity index is 919. The van der Waals surface area contributed by atoms with Crippen molar-refractivity contribution in [3.8, 4) is 0 Å². The normalized spacial score (nSPS) is 17.7. The highest BCUT2D eigenvalue weighted by Gasteiger charge is 2.36. The fourth-order valence-electron chi connectivity index (χ4n) is 4.10. The maximum atomic E-state index is 13.2. The lowest BCUT2D eigenvalue weighted by molar-refractivity contribution is -0.141. The number of anilines is 2. The lowest BCUT2D eigenvalue weighted by Gasteiger charge is -2.34. The summed E-state index contributed by atoms with van der Waals surface area (Å²) in [5.74, 6) is 1.74. The number of aromatic nitrogens is 4. The van der Waals surface area contributed by atoms with Crippen LogP contribution in [-0.4, -0.2) is 52.1 Å². The van der Waals surface area contributed by atoms with Gasteiger partial charge < -0.3 is 20.1 Å². The fourth-order valence-corrected chi connectivity index (χ4v) is 4.10. The predicted molar refractivity (Wildman–Crippen MR) is 104 cm³/mol. The van der Waals surface area contributed by atoms with Crippen LogP contribution in [-0.2, 0) is 23.9 Å². The Morgan fingerprint density at radius 3 is 2.70 bits per heavy atom. The average molecular weight is 423 g/mol. The molecule has 1 amide bonds. The minimum Gasteiger partial charge on any atom is -0.356 e. The molecule has 2 aromatic rings. The first-order chi connectivity index (χ1) is 14.4. The first-order valence-electron chi connectivity index (χ1n) is 10.0. The predicted octanol–water partition coefficient (Wildman–Crippen LogP) is 2.18. The van der Waals surface area contributed by atoms with E-state index in [1.807, 2.05) is 0 Å². The van der Waals surface area contributed by atoms with Crippen molar-refractivity contribution in [3.05, 3.63) is 29.6 Å². The van der Waals surface area contributed by atoms with Crippen LogP contribution in [0.5, 0.6) is 0 Å². The van der Waals surface area contributed by atoms with E-state index >= 15 is 0 Å². The Morgan fingerprint density at radius 1 is 1.23 bits per heavy atom. The summed E-state index contributed by atoms with van der Waals surface area (Å²) in [5.41, 5.74) is 0.0853. The highest BCUT2D eigenvalue weighted by atomic mass is 19.4. The van der Waals surface area contributed by atoms with Gasteiger partial charge in [0.1, 0.15) is 23.8 Å². The molecule has 0 saturated carbocycles. The Balaban J connectivity index is 1.51. The molecule has 0 bridgehead atoms. The number of imidazole rings is 1. The molecular formula is C19H24F3N7O. The van der Waals surface area contributed by atoms with Gasteiger partial charge in [-0.3, -0.25) is 4.79 Å². The lowest BCUT2D eigenvalue weighted by Crippen LogP contribution is -2.36. The van der Waals surface area contributed by atoms with E-state index in [1.54, 1.807) is 11.6 Å². The van der Waals surface area contributed by atoms with E-state index in [0.717, 1.165) is 17.6 Å². The van der Waals surface area contributed by atoms with Crippen LogP contribution < -0.4 is 15.5 Å². The number of amides is 1. The Labute approximate surface area is 171 Å². The summed E-state index contributed by atoms with van der Waals surface area (Å²) < 4.78 is 41.2. The Hall–Kier alpha value is -2.69. The van der Waals surface area contributed by atoms with Gasteiger partial charge in [-0.15, -0.1) is 0 Å². The number of likely N-dealkylation sites (N-methyl/N-ethyl adjacent to an activating group) is 1. The molecule has 4 heterocycles. The molecule has 2 aliphatic heterocycles. The molecule has 2 aromatic heterocycles. The molecule has 0 atom stereocenters. The standard InChI is InChI=1S/C19H24F3N7O/c1-23-6-9-29-10-14(19(20,21)22)26-17(29)12-4-7-28(8-5-12)18-13-2-3-15(30)27-16(13)24-11-25-18/h10-12,23H,2-9H2,1H3,(H,24,25,27,30).